The van der Waals surface area contributed by atoms with Gasteiger partial charge in [-0.15, -0.1) is 0 Å². The van der Waals surface area contributed by atoms with Crippen LogP contribution in [-0.4, -0.2) is 161 Å². The van der Waals surface area contributed by atoms with E-state index in [9.17, 15) is 38.4 Å². The first-order valence-corrected chi connectivity index (χ1v) is 21.6. The maximum atomic E-state index is 13.9. The zero-order valence-corrected chi connectivity index (χ0v) is 37.7. The SMILES string of the molecule is C[C@@H]1NC(=O)[C@H](Cc2ccccc2)NC(=O)COCCOCCNC(=O)CNC(=O)[C@H](CCCN=C(N)N)NC(=O)[C@H](CCCN=C(N)N)NC(=O)[C@H](CCCN=C(N)N)NC(=O)CNC1=O. The van der Waals surface area contributed by atoms with Crippen molar-refractivity contribution in [1.29, 1.82) is 0 Å². The second kappa shape index (κ2) is 31.6. The Labute approximate surface area is 387 Å². The van der Waals surface area contributed by atoms with Gasteiger partial charge in [0, 0.05) is 32.6 Å². The Bertz CT molecular complexity index is 1870. The minimum Gasteiger partial charge on any atom is -0.377 e. The molecule has 0 saturated carbocycles. The second-order valence-electron chi connectivity index (χ2n) is 15.1. The number of hydrogen-bond donors (Lipinski definition) is 14. The van der Waals surface area contributed by atoms with E-state index in [-0.39, 0.29) is 109 Å². The maximum absolute atomic E-state index is 13.9. The first-order chi connectivity index (χ1) is 31.9. The van der Waals surface area contributed by atoms with Crippen LogP contribution in [0.15, 0.2) is 45.3 Å². The van der Waals surface area contributed by atoms with E-state index in [0.717, 1.165) is 0 Å². The normalized spacial score (nSPS) is 21.8. The molecular weight excluding hydrogens is 879 g/mol. The molecule has 1 saturated heterocycles. The first kappa shape index (κ1) is 55.8. The third-order valence-corrected chi connectivity index (χ3v) is 9.46. The summed E-state index contributed by atoms with van der Waals surface area (Å²) in [6, 6.07) is 2.65. The first-order valence-electron chi connectivity index (χ1n) is 21.6. The van der Waals surface area contributed by atoms with Crippen molar-refractivity contribution in [2.45, 2.75) is 82.1 Å². The van der Waals surface area contributed by atoms with Crippen molar-refractivity contribution in [2.75, 3.05) is 65.7 Å². The van der Waals surface area contributed by atoms with Gasteiger partial charge in [-0.05, 0) is 51.0 Å². The number of nitrogens with one attached hydrogen (secondary N) is 8. The molecule has 8 amide bonds. The average Bonchev–Trinajstić information content (AvgIpc) is 3.27. The molecular formula is C40H67N17O10. The summed E-state index contributed by atoms with van der Waals surface area (Å²) in [5.74, 6) is -6.43. The van der Waals surface area contributed by atoms with Crippen molar-refractivity contribution < 1.29 is 47.8 Å². The summed E-state index contributed by atoms with van der Waals surface area (Å²) >= 11 is 0. The molecule has 1 aromatic rings. The van der Waals surface area contributed by atoms with Gasteiger partial charge < -0.3 is 86.4 Å². The van der Waals surface area contributed by atoms with Crippen molar-refractivity contribution in [3.63, 3.8) is 0 Å². The number of carbonyl (C=O) groups excluding carboxylic acids is 8. The molecule has 0 radical (unpaired) electrons. The highest BCUT2D eigenvalue weighted by atomic mass is 16.5. The van der Waals surface area contributed by atoms with Crippen molar-refractivity contribution >= 4 is 65.1 Å². The number of hydrogen-bond acceptors (Lipinski definition) is 13. The monoisotopic (exact) mass is 946 g/mol. The summed E-state index contributed by atoms with van der Waals surface area (Å²) in [6.07, 6.45) is 0.567. The van der Waals surface area contributed by atoms with Crippen molar-refractivity contribution in [2.24, 2.45) is 49.4 Å². The number of guanidine groups is 3. The van der Waals surface area contributed by atoms with Gasteiger partial charge in [-0.2, -0.15) is 0 Å². The molecule has 0 bridgehead atoms. The fraction of sp³-hybridized carbons (Fsp3) is 0.575. The molecule has 1 aliphatic heterocycles. The Morgan fingerprint density at radius 2 is 0.985 bits per heavy atom. The van der Waals surface area contributed by atoms with E-state index < -0.39 is 97.2 Å². The van der Waals surface area contributed by atoms with Crippen LogP contribution < -0.4 is 76.9 Å². The van der Waals surface area contributed by atoms with E-state index in [0.29, 0.717) is 5.56 Å². The van der Waals surface area contributed by atoms with Crippen LogP contribution in [0.5, 0.6) is 0 Å². The van der Waals surface area contributed by atoms with Gasteiger partial charge in [0.15, 0.2) is 17.9 Å². The summed E-state index contributed by atoms with van der Waals surface area (Å²) in [5, 5.41) is 20.5. The maximum Gasteiger partial charge on any atom is 0.246 e. The lowest BCUT2D eigenvalue weighted by Gasteiger charge is -2.25. The van der Waals surface area contributed by atoms with Crippen molar-refractivity contribution in [3.8, 4) is 0 Å². The molecule has 1 aliphatic rings. The van der Waals surface area contributed by atoms with Crippen LogP contribution in [0.25, 0.3) is 0 Å². The van der Waals surface area contributed by atoms with Crippen LogP contribution in [0, 0.1) is 0 Å². The Morgan fingerprint density at radius 3 is 1.54 bits per heavy atom. The van der Waals surface area contributed by atoms with E-state index in [4.69, 9.17) is 43.9 Å². The summed E-state index contributed by atoms with van der Waals surface area (Å²) in [5.41, 5.74) is 33.4. The Balaban J connectivity index is 2.41. The van der Waals surface area contributed by atoms with Crippen LogP contribution in [0.4, 0.5) is 0 Å². The highest BCUT2D eigenvalue weighted by Gasteiger charge is 2.30. The predicted molar refractivity (Wildman–Crippen MR) is 246 cm³/mol. The molecule has 20 N–H and O–H groups in total. The van der Waals surface area contributed by atoms with Crippen LogP contribution in [-0.2, 0) is 54.3 Å². The van der Waals surface area contributed by atoms with E-state index >= 15 is 0 Å². The third kappa shape index (κ3) is 25.1. The topological polar surface area (TPSA) is 444 Å². The molecule has 1 fully saturated rings. The molecule has 0 aliphatic carbocycles. The van der Waals surface area contributed by atoms with Crippen LogP contribution in [0.2, 0.25) is 0 Å². The molecule has 1 heterocycles. The summed E-state index contributed by atoms with van der Waals surface area (Å²) in [6.45, 7) is 0.231. The molecule has 27 nitrogen and oxygen atoms in total. The average molecular weight is 946 g/mol. The van der Waals surface area contributed by atoms with Crippen molar-refractivity contribution in [3.05, 3.63) is 35.9 Å². The van der Waals surface area contributed by atoms with Gasteiger partial charge in [-0.1, -0.05) is 30.3 Å². The molecule has 1 aromatic carbocycles. The second-order valence-corrected chi connectivity index (χ2v) is 15.1. The minimum atomic E-state index is -1.32. The highest BCUT2D eigenvalue weighted by molar-refractivity contribution is 5.96. The molecule has 5 atom stereocenters. The van der Waals surface area contributed by atoms with E-state index in [2.05, 4.69) is 57.5 Å². The van der Waals surface area contributed by atoms with Gasteiger partial charge in [0.2, 0.25) is 47.3 Å². The van der Waals surface area contributed by atoms with Crippen LogP contribution in [0.3, 0.4) is 0 Å². The van der Waals surface area contributed by atoms with Crippen LogP contribution >= 0.6 is 0 Å². The molecule has 0 aromatic heterocycles. The largest absolute Gasteiger partial charge is 0.377 e. The van der Waals surface area contributed by atoms with Gasteiger partial charge in [-0.3, -0.25) is 53.3 Å². The minimum absolute atomic E-state index is 0.00639. The Kier molecular flexibility index (Phi) is 26.3. The Hall–Kier alpha value is -7.29. The van der Waals surface area contributed by atoms with E-state index in [1.165, 1.54) is 6.92 Å². The highest BCUT2D eigenvalue weighted by Crippen LogP contribution is 2.08. The van der Waals surface area contributed by atoms with Gasteiger partial charge in [0.25, 0.3) is 0 Å². The zero-order chi connectivity index (χ0) is 49.6. The summed E-state index contributed by atoms with van der Waals surface area (Å²) < 4.78 is 10.9. The summed E-state index contributed by atoms with van der Waals surface area (Å²) in [7, 11) is 0. The van der Waals surface area contributed by atoms with Crippen molar-refractivity contribution in [1.82, 2.24) is 42.5 Å². The number of ether oxygens (including phenoxy) is 2. The lowest BCUT2D eigenvalue weighted by Crippen LogP contribution is -2.58. The smallest absolute Gasteiger partial charge is 0.246 e. The third-order valence-electron chi connectivity index (χ3n) is 9.46. The van der Waals surface area contributed by atoms with Gasteiger partial charge in [0.05, 0.1) is 32.9 Å². The molecule has 372 valence electrons. The quantitative estimate of drug-likeness (QED) is 0.0468. The molecule has 0 unspecified atom stereocenters. The number of aliphatic imine (C=N–C) groups is 3. The predicted octanol–water partition coefficient (Wildman–Crippen LogP) is -6.77. The van der Waals surface area contributed by atoms with Gasteiger partial charge in [0.1, 0.15) is 36.8 Å². The molecule has 2 rings (SSSR count). The number of nitrogens with two attached hydrogens (primary N) is 6. The lowest BCUT2D eigenvalue weighted by atomic mass is 10.0. The molecule has 27 heteroatoms. The van der Waals surface area contributed by atoms with Crippen LogP contribution in [0.1, 0.15) is 51.0 Å². The number of carbonyl (C=O) groups is 8. The van der Waals surface area contributed by atoms with Gasteiger partial charge >= 0.3 is 0 Å². The lowest BCUT2D eigenvalue weighted by molar-refractivity contribution is -0.134. The van der Waals surface area contributed by atoms with E-state index in [1.807, 2.05) is 0 Å². The number of rotatable bonds is 14. The molecule has 67 heavy (non-hydrogen) atoms. The number of amides is 8. The summed E-state index contributed by atoms with van der Waals surface area (Å²) in [4.78, 5) is 118. The fourth-order valence-electron chi connectivity index (χ4n) is 6.10. The fourth-order valence-corrected chi connectivity index (χ4v) is 6.10. The van der Waals surface area contributed by atoms with Gasteiger partial charge in [-0.25, -0.2) is 0 Å². The van der Waals surface area contributed by atoms with E-state index in [1.54, 1.807) is 30.3 Å². The number of benzene rings is 1. The number of nitrogens with zero attached hydrogens (tertiary/aromatic N) is 3. The molecule has 0 spiro atoms. The zero-order valence-electron chi connectivity index (χ0n) is 37.7. The Morgan fingerprint density at radius 1 is 0.522 bits per heavy atom. The standard InChI is InChI=1S/C40H67N17O10/c1-24-33(61)51-22-31(59)54-27(11-6-14-49-39(43)44)35(63)57-28(12-7-15-50-40(45)46)36(64)56-26(10-5-13-48-38(41)42)34(62)52-21-30(58)47-16-17-66-18-19-67-23-32(60)55-29(37(65)53-24)20-25-8-3-2-4-9-25/h2-4,8-9,24,26-29H,5-7,10-23H2,1H3,(H,47,58)(H,51,61)(H,52,62)(H,53,65)(H,54,59)(H,55,60)(H,56,64)(H,57,63)(H4,41,42,48)(H4,43,44,49)(H4,45,46,50)/t24-,26-,27-,28-,29-/m0/s1.